The van der Waals surface area contributed by atoms with E-state index in [2.05, 4.69) is 16.3 Å². The first-order valence-corrected chi connectivity index (χ1v) is 11.9. The van der Waals surface area contributed by atoms with Crippen LogP contribution in [0.4, 0.5) is 10.5 Å². The molecule has 2 bridgehead atoms. The van der Waals surface area contributed by atoms with E-state index in [1.807, 2.05) is 23.1 Å². The molecule has 3 atom stereocenters. The lowest BCUT2D eigenvalue weighted by molar-refractivity contribution is -0.123. The van der Waals surface area contributed by atoms with Gasteiger partial charge < -0.3 is 24.6 Å². The number of rotatable bonds is 2. The van der Waals surface area contributed by atoms with Crippen LogP contribution in [0.25, 0.3) is 0 Å². The molecule has 5 aliphatic rings. The van der Waals surface area contributed by atoms with E-state index in [4.69, 9.17) is 9.47 Å². The van der Waals surface area contributed by atoms with Crippen molar-refractivity contribution in [2.24, 2.45) is 0 Å². The number of nitrogens with one attached hydrogen (secondary N) is 1. The predicted octanol–water partition coefficient (Wildman–Crippen LogP) is 3.14. The Morgan fingerprint density at radius 2 is 1.84 bits per heavy atom. The first-order chi connectivity index (χ1) is 15.1. The molecule has 1 aromatic rings. The number of ether oxygens (including phenoxy) is 2. The first kappa shape index (κ1) is 19.6. The van der Waals surface area contributed by atoms with E-state index in [1.54, 1.807) is 0 Å². The molecule has 0 saturated carbocycles. The molecule has 5 aliphatic heterocycles. The zero-order valence-corrected chi connectivity index (χ0v) is 17.9. The maximum atomic E-state index is 12.9. The van der Waals surface area contributed by atoms with Gasteiger partial charge in [0.2, 0.25) is 5.91 Å². The summed E-state index contributed by atoms with van der Waals surface area (Å²) in [5.74, 6) is 0.168. The lowest BCUT2D eigenvalue weighted by atomic mass is 9.73. The summed E-state index contributed by atoms with van der Waals surface area (Å²) >= 11 is 0. The minimum absolute atomic E-state index is 0. The molecule has 1 spiro atoms. The minimum atomic E-state index is -0.361. The van der Waals surface area contributed by atoms with Gasteiger partial charge in [-0.05, 0) is 63.2 Å². The number of fused-ring (bicyclic) bond motifs is 4. The lowest BCUT2D eigenvalue weighted by Gasteiger charge is -2.46. The SMILES string of the molecule is O=C(O[C@H]1CCOC1)N1C2CCC1CC(N1CCC3(CC1)C(=O)Nc1ccccc13)C2.[HH]. The summed E-state index contributed by atoms with van der Waals surface area (Å²) < 4.78 is 11.1. The van der Waals surface area contributed by atoms with E-state index in [-0.39, 0.29) is 37.0 Å². The van der Waals surface area contributed by atoms with Gasteiger partial charge in [0.15, 0.2) is 0 Å². The third-order valence-electron chi connectivity index (χ3n) is 8.37. The highest BCUT2D eigenvalue weighted by molar-refractivity contribution is 6.06. The summed E-state index contributed by atoms with van der Waals surface area (Å²) in [5, 5.41) is 3.10. The Kier molecular flexibility index (Phi) is 4.72. The van der Waals surface area contributed by atoms with Crippen LogP contribution >= 0.6 is 0 Å². The second-order valence-electron chi connectivity index (χ2n) is 9.90. The summed E-state index contributed by atoms with van der Waals surface area (Å²) in [5.41, 5.74) is 1.80. The fourth-order valence-electron chi connectivity index (χ4n) is 6.69. The molecular formula is C24H33N3O4. The van der Waals surface area contributed by atoms with E-state index in [9.17, 15) is 9.59 Å². The number of nitrogens with zero attached hydrogens (tertiary/aromatic N) is 2. The Bertz CT molecular complexity index is 868. The van der Waals surface area contributed by atoms with Gasteiger partial charge in [-0.3, -0.25) is 4.79 Å². The van der Waals surface area contributed by atoms with Crippen molar-refractivity contribution in [1.29, 1.82) is 0 Å². The van der Waals surface area contributed by atoms with Crippen LogP contribution in [0.2, 0.25) is 0 Å². The number of hydrogen-bond donors (Lipinski definition) is 1. The number of para-hydroxylation sites is 1. The average Bonchev–Trinajstić information content (AvgIpc) is 3.46. The number of carbonyl (C=O) groups excluding carboxylic acids is 2. The second kappa shape index (κ2) is 7.48. The van der Waals surface area contributed by atoms with Crippen molar-refractivity contribution in [3.8, 4) is 0 Å². The molecule has 0 radical (unpaired) electrons. The molecule has 4 fully saturated rings. The van der Waals surface area contributed by atoms with Crippen LogP contribution in [0.5, 0.6) is 0 Å². The van der Waals surface area contributed by atoms with Gasteiger partial charge in [0.1, 0.15) is 6.10 Å². The highest BCUT2D eigenvalue weighted by atomic mass is 16.6. The summed E-state index contributed by atoms with van der Waals surface area (Å²) in [4.78, 5) is 30.3. The summed E-state index contributed by atoms with van der Waals surface area (Å²) in [6.07, 6.45) is 6.51. The van der Waals surface area contributed by atoms with Crippen LogP contribution in [-0.2, 0) is 19.7 Å². The van der Waals surface area contributed by atoms with Crippen molar-refractivity contribution in [1.82, 2.24) is 9.80 Å². The van der Waals surface area contributed by atoms with Crippen LogP contribution in [0, 0.1) is 0 Å². The fourth-order valence-corrected chi connectivity index (χ4v) is 6.69. The highest BCUT2D eigenvalue weighted by Gasteiger charge is 2.51. The van der Waals surface area contributed by atoms with Crippen molar-refractivity contribution in [2.45, 2.75) is 74.6 Å². The lowest BCUT2D eigenvalue weighted by Crippen LogP contribution is -2.56. The normalized spacial score (nSPS) is 34.1. The second-order valence-corrected chi connectivity index (χ2v) is 9.90. The van der Waals surface area contributed by atoms with Gasteiger partial charge in [-0.15, -0.1) is 0 Å². The highest BCUT2D eigenvalue weighted by Crippen LogP contribution is 2.46. The van der Waals surface area contributed by atoms with Crippen molar-refractivity contribution in [3.63, 3.8) is 0 Å². The zero-order valence-electron chi connectivity index (χ0n) is 17.9. The van der Waals surface area contributed by atoms with Gasteiger partial charge in [-0.2, -0.15) is 0 Å². The van der Waals surface area contributed by atoms with Crippen LogP contribution in [0.3, 0.4) is 0 Å². The molecule has 1 N–H and O–H groups in total. The quantitative estimate of drug-likeness (QED) is 0.785. The standard InChI is InChI=1S/C24H31N3O4.H2/c28-22-24(20-3-1-2-4-21(20)25-22)8-10-26(11-9-24)18-13-16-5-6-17(14-18)27(16)23(29)31-19-7-12-30-15-19;/h1-4,16-19H,5-15H2,(H,25,28);1H/t16?,17?,18?,19-;/m0./s1. The third kappa shape index (κ3) is 3.16. The van der Waals surface area contributed by atoms with Crippen LogP contribution in [0.15, 0.2) is 24.3 Å². The number of carbonyl (C=O) groups is 2. The minimum Gasteiger partial charge on any atom is -0.444 e. The van der Waals surface area contributed by atoms with Gasteiger partial charge in [0.05, 0.1) is 18.6 Å². The number of hydrogen-bond acceptors (Lipinski definition) is 5. The van der Waals surface area contributed by atoms with Gasteiger partial charge in [0.25, 0.3) is 0 Å². The maximum Gasteiger partial charge on any atom is 0.410 e. The monoisotopic (exact) mass is 427 g/mol. The third-order valence-corrected chi connectivity index (χ3v) is 8.37. The van der Waals surface area contributed by atoms with E-state index < -0.39 is 0 Å². The van der Waals surface area contributed by atoms with E-state index in [1.165, 1.54) is 5.56 Å². The predicted molar refractivity (Wildman–Crippen MR) is 117 cm³/mol. The number of amides is 2. The Balaban J connectivity index is 0.00000216. The fraction of sp³-hybridized carbons (Fsp3) is 0.667. The number of likely N-dealkylation sites (tertiary alicyclic amines) is 1. The topological polar surface area (TPSA) is 71.1 Å². The Morgan fingerprint density at radius 3 is 2.55 bits per heavy atom. The molecule has 7 heteroatoms. The van der Waals surface area contributed by atoms with Crippen molar-refractivity contribution in [3.05, 3.63) is 29.8 Å². The molecule has 2 amide bonds. The molecule has 0 aliphatic carbocycles. The molecule has 2 unspecified atom stereocenters. The number of benzene rings is 1. The van der Waals surface area contributed by atoms with E-state index in [0.717, 1.165) is 63.7 Å². The number of piperidine rings is 2. The van der Waals surface area contributed by atoms with Gasteiger partial charge >= 0.3 is 6.09 Å². The van der Waals surface area contributed by atoms with Gasteiger partial charge in [0, 0.05) is 31.7 Å². The van der Waals surface area contributed by atoms with Crippen molar-refractivity contribution in [2.75, 3.05) is 31.6 Å². The van der Waals surface area contributed by atoms with Crippen LogP contribution < -0.4 is 5.32 Å². The van der Waals surface area contributed by atoms with Gasteiger partial charge in [-0.25, -0.2) is 4.79 Å². The molecule has 1 aromatic carbocycles. The Morgan fingerprint density at radius 1 is 1.10 bits per heavy atom. The Hall–Kier alpha value is -2.12. The first-order valence-electron chi connectivity index (χ1n) is 11.9. The number of anilines is 1. The molecule has 5 heterocycles. The van der Waals surface area contributed by atoms with E-state index in [0.29, 0.717) is 19.3 Å². The zero-order chi connectivity index (χ0) is 21.0. The van der Waals surface area contributed by atoms with Gasteiger partial charge in [-0.1, -0.05) is 18.2 Å². The summed E-state index contributed by atoms with van der Waals surface area (Å²) in [7, 11) is 0. The molecular weight excluding hydrogens is 394 g/mol. The van der Waals surface area contributed by atoms with E-state index >= 15 is 0 Å². The Labute approximate surface area is 184 Å². The van der Waals surface area contributed by atoms with Crippen LogP contribution in [0.1, 0.15) is 51.9 Å². The molecule has 168 valence electrons. The smallest absolute Gasteiger partial charge is 0.410 e. The average molecular weight is 428 g/mol. The summed E-state index contributed by atoms with van der Waals surface area (Å²) in [6, 6.07) is 9.21. The summed E-state index contributed by atoms with van der Waals surface area (Å²) in [6.45, 7) is 3.10. The molecule has 7 nitrogen and oxygen atoms in total. The van der Waals surface area contributed by atoms with Crippen molar-refractivity contribution < 1.29 is 20.5 Å². The largest absolute Gasteiger partial charge is 0.444 e. The molecule has 6 rings (SSSR count). The molecule has 4 saturated heterocycles. The van der Waals surface area contributed by atoms with Crippen molar-refractivity contribution >= 4 is 17.7 Å². The molecule has 0 aromatic heterocycles. The maximum absolute atomic E-state index is 12.9. The molecule has 31 heavy (non-hydrogen) atoms. The van der Waals surface area contributed by atoms with Crippen LogP contribution in [-0.4, -0.2) is 72.3 Å².